The first-order chi connectivity index (χ1) is 7.55. The zero-order valence-corrected chi connectivity index (χ0v) is 9.61. The second-order valence-electron chi connectivity index (χ2n) is 5.00. The Morgan fingerprint density at radius 3 is 2.81 bits per heavy atom. The molecule has 0 saturated heterocycles. The van der Waals surface area contributed by atoms with E-state index in [4.69, 9.17) is 0 Å². The van der Waals surface area contributed by atoms with Crippen LogP contribution in [0.5, 0.6) is 5.75 Å². The third-order valence-electron chi connectivity index (χ3n) is 2.84. The lowest BCUT2D eigenvalue weighted by Crippen LogP contribution is -2.40. The van der Waals surface area contributed by atoms with E-state index in [1.165, 1.54) is 12.8 Å². The van der Waals surface area contributed by atoms with Crippen LogP contribution in [0.3, 0.4) is 0 Å². The maximum Gasteiger partial charge on any atom is 0.115 e. The fourth-order valence-corrected chi connectivity index (χ4v) is 1.82. The minimum Gasteiger partial charge on any atom is -0.508 e. The Morgan fingerprint density at radius 1 is 1.44 bits per heavy atom. The molecule has 1 saturated carbocycles. The van der Waals surface area contributed by atoms with Gasteiger partial charge in [-0.15, -0.1) is 0 Å². The molecule has 1 aromatic carbocycles. The Balaban J connectivity index is 1.90. The van der Waals surface area contributed by atoms with Crippen LogP contribution in [0.2, 0.25) is 0 Å². The van der Waals surface area contributed by atoms with Gasteiger partial charge in [0.1, 0.15) is 5.75 Å². The molecule has 0 aliphatic heterocycles. The van der Waals surface area contributed by atoms with Gasteiger partial charge in [-0.2, -0.15) is 0 Å². The topological polar surface area (TPSA) is 52.5 Å². The number of hydrogen-bond acceptors (Lipinski definition) is 3. The first kappa shape index (κ1) is 11.4. The van der Waals surface area contributed by atoms with Crippen LogP contribution in [0, 0.1) is 0 Å². The van der Waals surface area contributed by atoms with E-state index in [0.717, 1.165) is 5.56 Å². The van der Waals surface area contributed by atoms with E-state index >= 15 is 0 Å². The van der Waals surface area contributed by atoms with E-state index in [1.807, 2.05) is 13.0 Å². The minimum atomic E-state index is -0.754. The minimum absolute atomic E-state index is 0.253. The highest BCUT2D eigenvalue weighted by atomic mass is 16.3. The molecule has 3 N–H and O–H groups in total. The number of phenolic OH excluding ortho intramolecular Hbond substituents is 1. The summed E-state index contributed by atoms with van der Waals surface area (Å²) in [5.74, 6) is 0.253. The number of aromatic hydroxyl groups is 1. The van der Waals surface area contributed by atoms with Crippen molar-refractivity contribution in [2.75, 3.05) is 6.54 Å². The Hall–Kier alpha value is -1.06. The molecule has 3 heteroatoms. The summed E-state index contributed by atoms with van der Waals surface area (Å²) in [5, 5.41) is 22.9. The summed E-state index contributed by atoms with van der Waals surface area (Å²) in [6.45, 7) is 2.43. The predicted octanol–water partition coefficient (Wildman–Crippen LogP) is 1.44. The van der Waals surface area contributed by atoms with E-state index in [9.17, 15) is 10.2 Å². The van der Waals surface area contributed by atoms with Crippen molar-refractivity contribution < 1.29 is 10.2 Å². The lowest BCUT2D eigenvalue weighted by molar-refractivity contribution is 0.0597. The van der Waals surface area contributed by atoms with E-state index in [1.54, 1.807) is 18.2 Å². The first-order valence-corrected chi connectivity index (χ1v) is 5.79. The maximum atomic E-state index is 10.2. The lowest BCUT2D eigenvalue weighted by Gasteiger charge is -2.24. The second-order valence-corrected chi connectivity index (χ2v) is 5.00. The van der Waals surface area contributed by atoms with Gasteiger partial charge in [-0.3, -0.25) is 0 Å². The van der Waals surface area contributed by atoms with Gasteiger partial charge in [-0.25, -0.2) is 0 Å². The Kier molecular flexibility index (Phi) is 3.17. The smallest absolute Gasteiger partial charge is 0.115 e. The molecular weight excluding hydrogens is 202 g/mol. The number of hydrogen-bond donors (Lipinski definition) is 3. The van der Waals surface area contributed by atoms with Gasteiger partial charge in [0.05, 0.1) is 5.60 Å². The number of nitrogens with one attached hydrogen (secondary N) is 1. The van der Waals surface area contributed by atoms with E-state index in [2.05, 4.69) is 5.32 Å². The molecule has 2 rings (SSSR count). The molecule has 16 heavy (non-hydrogen) atoms. The molecule has 0 heterocycles. The summed E-state index contributed by atoms with van der Waals surface area (Å²) in [5.41, 5.74) is 0.207. The number of rotatable bonds is 5. The molecule has 0 aromatic heterocycles. The van der Waals surface area contributed by atoms with Crippen molar-refractivity contribution >= 4 is 0 Å². The number of aliphatic hydroxyl groups is 1. The predicted molar refractivity (Wildman–Crippen MR) is 63.5 cm³/mol. The summed E-state index contributed by atoms with van der Waals surface area (Å²) in [6, 6.07) is 7.67. The van der Waals surface area contributed by atoms with Crippen LogP contribution in [0.15, 0.2) is 24.3 Å². The highest BCUT2D eigenvalue weighted by molar-refractivity contribution is 5.28. The molecule has 0 radical (unpaired) electrons. The number of benzene rings is 1. The first-order valence-electron chi connectivity index (χ1n) is 5.79. The Morgan fingerprint density at radius 2 is 2.19 bits per heavy atom. The molecule has 1 aliphatic rings. The van der Waals surface area contributed by atoms with Gasteiger partial charge < -0.3 is 15.5 Å². The van der Waals surface area contributed by atoms with Crippen LogP contribution in [-0.2, 0) is 6.42 Å². The molecule has 88 valence electrons. The van der Waals surface area contributed by atoms with Crippen molar-refractivity contribution in [2.45, 2.75) is 37.8 Å². The Bertz CT molecular complexity index is 359. The zero-order chi connectivity index (χ0) is 11.6. The van der Waals surface area contributed by atoms with Crippen molar-refractivity contribution in [2.24, 2.45) is 0 Å². The van der Waals surface area contributed by atoms with Crippen LogP contribution >= 0.6 is 0 Å². The van der Waals surface area contributed by atoms with Gasteiger partial charge in [0.25, 0.3) is 0 Å². The summed E-state index contributed by atoms with van der Waals surface area (Å²) in [4.78, 5) is 0. The summed E-state index contributed by atoms with van der Waals surface area (Å²) < 4.78 is 0. The molecule has 0 bridgehead atoms. The average molecular weight is 221 g/mol. The monoisotopic (exact) mass is 221 g/mol. The van der Waals surface area contributed by atoms with Gasteiger partial charge in [0.2, 0.25) is 0 Å². The third-order valence-corrected chi connectivity index (χ3v) is 2.84. The van der Waals surface area contributed by atoms with Crippen LogP contribution in [-0.4, -0.2) is 28.4 Å². The molecule has 1 aromatic rings. The molecule has 1 fully saturated rings. The van der Waals surface area contributed by atoms with Crippen LogP contribution in [0.1, 0.15) is 25.3 Å². The molecule has 1 unspecified atom stereocenters. The maximum absolute atomic E-state index is 10.2. The standard InChI is InChI=1S/C13H19NO2/c1-13(16,9-14-11-5-6-11)8-10-3-2-4-12(15)7-10/h2-4,7,11,14-16H,5-6,8-9H2,1H3. The van der Waals surface area contributed by atoms with E-state index in [0.29, 0.717) is 19.0 Å². The Labute approximate surface area is 96.1 Å². The number of phenols is 1. The summed E-state index contributed by atoms with van der Waals surface area (Å²) >= 11 is 0. The lowest BCUT2D eigenvalue weighted by atomic mass is 9.96. The normalized spacial score (nSPS) is 19.4. The van der Waals surface area contributed by atoms with Crippen LogP contribution in [0.25, 0.3) is 0 Å². The van der Waals surface area contributed by atoms with Crippen LogP contribution < -0.4 is 5.32 Å². The highest BCUT2D eigenvalue weighted by Crippen LogP contribution is 2.21. The second kappa shape index (κ2) is 4.44. The molecule has 0 amide bonds. The fourth-order valence-electron chi connectivity index (χ4n) is 1.82. The fraction of sp³-hybridized carbons (Fsp3) is 0.538. The van der Waals surface area contributed by atoms with Gasteiger partial charge >= 0.3 is 0 Å². The largest absolute Gasteiger partial charge is 0.508 e. The van der Waals surface area contributed by atoms with Gasteiger partial charge in [0.15, 0.2) is 0 Å². The van der Waals surface area contributed by atoms with Crippen molar-refractivity contribution in [1.82, 2.24) is 5.32 Å². The SMILES string of the molecule is CC(O)(CNC1CC1)Cc1cccc(O)c1. The molecular formula is C13H19NO2. The molecule has 3 nitrogen and oxygen atoms in total. The average Bonchev–Trinajstić information content (AvgIpc) is 2.97. The van der Waals surface area contributed by atoms with Crippen LogP contribution in [0.4, 0.5) is 0 Å². The van der Waals surface area contributed by atoms with E-state index < -0.39 is 5.60 Å². The quantitative estimate of drug-likeness (QED) is 0.705. The third kappa shape index (κ3) is 3.51. The van der Waals surface area contributed by atoms with Crippen molar-refractivity contribution in [1.29, 1.82) is 0 Å². The highest BCUT2D eigenvalue weighted by Gasteiger charge is 2.26. The van der Waals surface area contributed by atoms with Crippen molar-refractivity contribution in [3.63, 3.8) is 0 Å². The summed E-state index contributed by atoms with van der Waals surface area (Å²) in [6.07, 6.45) is 3.01. The van der Waals surface area contributed by atoms with Crippen molar-refractivity contribution in [3.05, 3.63) is 29.8 Å². The summed E-state index contributed by atoms with van der Waals surface area (Å²) in [7, 11) is 0. The molecule has 1 atom stereocenters. The van der Waals surface area contributed by atoms with E-state index in [-0.39, 0.29) is 5.75 Å². The molecule has 0 spiro atoms. The zero-order valence-electron chi connectivity index (χ0n) is 9.61. The van der Waals surface area contributed by atoms with Gasteiger partial charge in [-0.1, -0.05) is 12.1 Å². The van der Waals surface area contributed by atoms with Gasteiger partial charge in [0, 0.05) is 19.0 Å². The van der Waals surface area contributed by atoms with Crippen molar-refractivity contribution in [3.8, 4) is 5.75 Å². The molecule has 1 aliphatic carbocycles. The van der Waals surface area contributed by atoms with Gasteiger partial charge in [-0.05, 0) is 37.5 Å².